The van der Waals surface area contributed by atoms with Crippen LogP contribution in [0.3, 0.4) is 0 Å². The molecule has 2 N–H and O–H groups in total. The molecule has 0 aliphatic carbocycles. The fraction of sp³-hybridized carbons (Fsp3) is 0.450. The standard InChI is InChI=1S/C20H27N3O3S2/c1-15(19-7-6-14-27-19)21-16(2)20(24)22-17-8-10-18(11-9-17)28(25,26)23-12-4-3-5-13-23/h6-11,14-16,21H,3-5,12-13H2,1-2H3,(H,22,24)/t15-,16+/m0/s1. The van der Waals surface area contributed by atoms with Crippen LogP contribution in [0.15, 0.2) is 46.7 Å². The Morgan fingerprint density at radius 3 is 2.36 bits per heavy atom. The van der Waals surface area contributed by atoms with Crippen molar-refractivity contribution in [1.29, 1.82) is 0 Å². The minimum Gasteiger partial charge on any atom is -0.325 e. The van der Waals surface area contributed by atoms with Gasteiger partial charge in [-0.05, 0) is 62.4 Å². The largest absolute Gasteiger partial charge is 0.325 e. The van der Waals surface area contributed by atoms with Crippen molar-refractivity contribution in [3.05, 3.63) is 46.7 Å². The summed E-state index contributed by atoms with van der Waals surface area (Å²) in [6.45, 7) is 4.99. The first-order valence-electron chi connectivity index (χ1n) is 9.58. The van der Waals surface area contributed by atoms with E-state index >= 15 is 0 Å². The van der Waals surface area contributed by atoms with Crippen LogP contribution in [0, 0.1) is 0 Å². The van der Waals surface area contributed by atoms with Gasteiger partial charge in [-0.3, -0.25) is 10.1 Å². The molecule has 28 heavy (non-hydrogen) atoms. The zero-order valence-electron chi connectivity index (χ0n) is 16.2. The molecule has 1 fully saturated rings. The molecule has 3 rings (SSSR count). The second kappa shape index (κ2) is 9.17. The zero-order chi connectivity index (χ0) is 20.1. The predicted octanol–water partition coefficient (Wildman–Crippen LogP) is 3.60. The van der Waals surface area contributed by atoms with Crippen LogP contribution in [0.5, 0.6) is 0 Å². The van der Waals surface area contributed by atoms with Gasteiger partial charge in [-0.25, -0.2) is 8.42 Å². The highest BCUT2D eigenvalue weighted by Gasteiger charge is 2.26. The lowest BCUT2D eigenvalue weighted by atomic mass is 10.2. The summed E-state index contributed by atoms with van der Waals surface area (Å²) in [6, 6.07) is 10.1. The third-order valence-corrected chi connectivity index (χ3v) is 7.91. The summed E-state index contributed by atoms with van der Waals surface area (Å²) < 4.78 is 26.9. The molecule has 6 nitrogen and oxygen atoms in total. The number of piperidine rings is 1. The van der Waals surface area contributed by atoms with Gasteiger partial charge in [0.1, 0.15) is 0 Å². The number of amides is 1. The molecule has 1 aromatic heterocycles. The summed E-state index contributed by atoms with van der Waals surface area (Å²) in [5.41, 5.74) is 0.583. The predicted molar refractivity (Wildman–Crippen MR) is 113 cm³/mol. The van der Waals surface area contributed by atoms with Gasteiger partial charge in [-0.1, -0.05) is 12.5 Å². The number of nitrogens with zero attached hydrogens (tertiary/aromatic N) is 1. The fourth-order valence-electron chi connectivity index (χ4n) is 3.29. The molecule has 152 valence electrons. The fourth-order valence-corrected chi connectivity index (χ4v) is 5.55. The van der Waals surface area contributed by atoms with Crippen molar-refractivity contribution in [3.63, 3.8) is 0 Å². The highest BCUT2D eigenvalue weighted by atomic mass is 32.2. The molecule has 0 saturated carbocycles. The number of sulfonamides is 1. The Labute approximate surface area is 171 Å². The smallest absolute Gasteiger partial charge is 0.243 e. The molecule has 1 aliphatic heterocycles. The van der Waals surface area contributed by atoms with Gasteiger partial charge in [0, 0.05) is 29.7 Å². The number of carbonyl (C=O) groups excluding carboxylic acids is 1. The minimum absolute atomic E-state index is 0.0813. The first-order valence-corrected chi connectivity index (χ1v) is 11.9. The highest BCUT2D eigenvalue weighted by molar-refractivity contribution is 7.89. The number of anilines is 1. The van der Waals surface area contributed by atoms with Crippen molar-refractivity contribution in [1.82, 2.24) is 9.62 Å². The first kappa shape index (κ1) is 21.0. The van der Waals surface area contributed by atoms with E-state index in [0.717, 1.165) is 19.3 Å². The maximum Gasteiger partial charge on any atom is 0.243 e. The summed E-state index contributed by atoms with van der Waals surface area (Å²) in [5.74, 6) is -0.157. The van der Waals surface area contributed by atoms with Gasteiger partial charge in [0.25, 0.3) is 0 Å². The normalized spacial score (nSPS) is 17.8. The van der Waals surface area contributed by atoms with E-state index in [9.17, 15) is 13.2 Å². The first-order chi connectivity index (χ1) is 13.4. The van der Waals surface area contributed by atoms with Gasteiger partial charge < -0.3 is 5.32 Å². The lowest BCUT2D eigenvalue weighted by molar-refractivity contribution is -0.117. The van der Waals surface area contributed by atoms with Crippen molar-refractivity contribution in [3.8, 4) is 0 Å². The Morgan fingerprint density at radius 1 is 1.07 bits per heavy atom. The van der Waals surface area contributed by atoms with E-state index in [1.54, 1.807) is 39.9 Å². The van der Waals surface area contributed by atoms with E-state index in [-0.39, 0.29) is 22.9 Å². The van der Waals surface area contributed by atoms with Crippen molar-refractivity contribution in [2.24, 2.45) is 0 Å². The molecule has 2 aromatic rings. The molecular formula is C20H27N3O3S2. The average molecular weight is 422 g/mol. The van der Waals surface area contributed by atoms with E-state index in [2.05, 4.69) is 10.6 Å². The van der Waals surface area contributed by atoms with Crippen LogP contribution in [0.1, 0.15) is 44.0 Å². The van der Waals surface area contributed by atoms with E-state index in [4.69, 9.17) is 0 Å². The molecule has 2 heterocycles. The number of nitrogens with one attached hydrogen (secondary N) is 2. The van der Waals surface area contributed by atoms with Crippen molar-refractivity contribution >= 4 is 33.0 Å². The van der Waals surface area contributed by atoms with E-state index in [1.165, 1.54) is 4.88 Å². The number of hydrogen-bond acceptors (Lipinski definition) is 5. The number of thiophene rings is 1. The van der Waals surface area contributed by atoms with Crippen LogP contribution in [-0.4, -0.2) is 37.8 Å². The Bertz CT molecular complexity index is 874. The van der Waals surface area contributed by atoms with Gasteiger partial charge >= 0.3 is 0 Å². The number of hydrogen-bond donors (Lipinski definition) is 2. The lowest BCUT2D eigenvalue weighted by Crippen LogP contribution is -2.39. The summed E-state index contributed by atoms with van der Waals surface area (Å²) >= 11 is 1.65. The SMILES string of the molecule is C[C@H](N[C@H](C)C(=O)Nc1ccc(S(=O)(=O)N2CCCCC2)cc1)c1cccs1. The molecule has 0 bridgehead atoms. The van der Waals surface area contributed by atoms with Gasteiger partial charge in [0.2, 0.25) is 15.9 Å². The molecule has 0 spiro atoms. The van der Waals surface area contributed by atoms with Gasteiger partial charge in [-0.2, -0.15) is 4.31 Å². The monoisotopic (exact) mass is 421 g/mol. The Balaban J connectivity index is 1.59. The average Bonchev–Trinajstić information content (AvgIpc) is 3.24. The van der Waals surface area contributed by atoms with Crippen LogP contribution < -0.4 is 10.6 Å². The lowest BCUT2D eigenvalue weighted by Gasteiger charge is -2.26. The minimum atomic E-state index is -3.46. The topological polar surface area (TPSA) is 78.5 Å². The summed E-state index contributed by atoms with van der Waals surface area (Å²) in [7, 11) is -3.46. The summed E-state index contributed by atoms with van der Waals surface area (Å²) in [6.07, 6.45) is 2.89. The van der Waals surface area contributed by atoms with E-state index in [0.29, 0.717) is 18.8 Å². The highest BCUT2D eigenvalue weighted by Crippen LogP contribution is 2.22. The maximum atomic E-state index is 12.7. The molecule has 1 amide bonds. The van der Waals surface area contributed by atoms with Crippen LogP contribution in [0.25, 0.3) is 0 Å². The van der Waals surface area contributed by atoms with E-state index in [1.807, 2.05) is 31.4 Å². The van der Waals surface area contributed by atoms with Crippen molar-refractivity contribution in [2.45, 2.75) is 50.1 Å². The summed E-state index contributed by atoms with van der Waals surface area (Å²) in [5, 5.41) is 8.13. The van der Waals surface area contributed by atoms with E-state index < -0.39 is 10.0 Å². The van der Waals surface area contributed by atoms with Gasteiger partial charge in [-0.15, -0.1) is 11.3 Å². The van der Waals surface area contributed by atoms with Crippen LogP contribution in [0.4, 0.5) is 5.69 Å². The number of benzene rings is 1. The van der Waals surface area contributed by atoms with Gasteiger partial charge in [0.15, 0.2) is 0 Å². The molecule has 2 atom stereocenters. The van der Waals surface area contributed by atoms with Crippen molar-refractivity contribution in [2.75, 3.05) is 18.4 Å². The summed E-state index contributed by atoms with van der Waals surface area (Å²) in [4.78, 5) is 13.9. The maximum absolute atomic E-state index is 12.7. The zero-order valence-corrected chi connectivity index (χ0v) is 17.9. The molecular weight excluding hydrogens is 394 g/mol. The molecule has 0 unspecified atom stereocenters. The number of carbonyl (C=O) groups is 1. The molecule has 1 saturated heterocycles. The molecule has 0 radical (unpaired) electrons. The Kier molecular flexibility index (Phi) is 6.87. The van der Waals surface area contributed by atoms with Crippen molar-refractivity contribution < 1.29 is 13.2 Å². The Morgan fingerprint density at radius 2 is 1.75 bits per heavy atom. The second-order valence-corrected chi connectivity index (χ2v) is 10.0. The quantitative estimate of drug-likeness (QED) is 0.716. The third-order valence-electron chi connectivity index (χ3n) is 4.94. The van der Waals surface area contributed by atoms with Crippen LogP contribution in [-0.2, 0) is 14.8 Å². The third kappa shape index (κ3) is 5.00. The molecule has 1 aliphatic rings. The van der Waals surface area contributed by atoms with Gasteiger partial charge in [0.05, 0.1) is 10.9 Å². The molecule has 1 aromatic carbocycles. The van der Waals surface area contributed by atoms with Crippen LogP contribution in [0.2, 0.25) is 0 Å². The second-order valence-electron chi connectivity index (χ2n) is 7.10. The number of rotatable bonds is 7. The Hall–Kier alpha value is -1.74. The molecule has 8 heteroatoms. The van der Waals surface area contributed by atoms with Crippen LogP contribution >= 0.6 is 11.3 Å².